The van der Waals surface area contributed by atoms with Crippen LogP contribution >= 0.6 is 11.3 Å². The van der Waals surface area contributed by atoms with E-state index in [9.17, 15) is 0 Å². The lowest BCUT2D eigenvalue weighted by Gasteiger charge is -1.89. The van der Waals surface area contributed by atoms with Crippen LogP contribution in [0.15, 0.2) is 24.3 Å². The van der Waals surface area contributed by atoms with Crippen molar-refractivity contribution in [2.24, 2.45) is 0 Å². The number of fused-ring (bicyclic) bond motifs is 1. The summed E-state index contributed by atoms with van der Waals surface area (Å²) in [6.45, 7) is 2.72. The first kappa shape index (κ1) is 8.73. The zero-order valence-electron chi connectivity index (χ0n) is 7.54. The third-order valence-electron chi connectivity index (χ3n) is 1.97. The number of hydrogen-bond acceptors (Lipinski definition) is 2. The zero-order valence-corrected chi connectivity index (χ0v) is 8.36. The Hall–Kier alpha value is -0.860. The summed E-state index contributed by atoms with van der Waals surface area (Å²) < 4.78 is 6.17. The van der Waals surface area contributed by atoms with Crippen LogP contribution in [0, 0.1) is 14.0 Å². The molecular weight excluding hydrogens is 180 g/mol. The molecule has 2 aromatic rings. The van der Waals surface area contributed by atoms with E-state index in [1.54, 1.807) is 11.3 Å². The van der Waals surface area contributed by atoms with Gasteiger partial charge >= 0.3 is 0 Å². The van der Waals surface area contributed by atoms with Crippen molar-refractivity contribution < 1.29 is 4.74 Å². The molecule has 2 rings (SSSR count). The minimum Gasteiger partial charge on any atom is -0.374 e. The Kier molecular flexibility index (Phi) is 2.34. The molecule has 1 nitrogen and oxygen atoms in total. The van der Waals surface area contributed by atoms with Gasteiger partial charge in [0.2, 0.25) is 0 Å². The first-order valence-electron chi connectivity index (χ1n) is 4.15. The Labute approximate surface area is 82.0 Å². The van der Waals surface area contributed by atoms with Crippen molar-refractivity contribution in [3.63, 3.8) is 0 Å². The second-order valence-corrected chi connectivity index (χ2v) is 4.27. The number of benzene rings is 1. The number of rotatable bonds is 2. The Morgan fingerprint density at radius 3 is 3.00 bits per heavy atom. The topological polar surface area (TPSA) is 9.23 Å². The van der Waals surface area contributed by atoms with Crippen LogP contribution in [0.5, 0.6) is 0 Å². The summed E-state index contributed by atoms with van der Waals surface area (Å²) in [5.74, 6) is 0. The molecule has 1 radical (unpaired) electrons. The third-order valence-corrected chi connectivity index (χ3v) is 3.06. The van der Waals surface area contributed by atoms with E-state index >= 15 is 0 Å². The van der Waals surface area contributed by atoms with E-state index in [0.717, 1.165) is 0 Å². The minimum absolute atomic E-state index is 0.610. The highest BCUT2D eigenvalue weighted by Crippen LogP contribution is 2.26. The average Bonchev–Trinajstić information content (AvgIpc) is 2.46. The van der Waals surface area contributed by atoms with Crippen molar-refractivity contribution in [1.82, 2.24) is 0 Å². The van der Waals surface area contributed by atoms with Gasteiger partial charge in [0.15, 0.2) is 0 Å². The summed E-state index contributed by atoms with van der Waals surface area (Å²) in [7, 11) is 3.38. The predicted molar refractivity (Wildman–Crippen MR) is 56.7 cm³/mol. The normalized spacial score (nSPS) is 10.9. The van der Waals surface area contributed by atoms with Crippen LogP contribution in [-0.2, 0) is 11.3 Å². The summed E-state index contributed by atoms with van der Waals surface area (Å²) >= 11 is 1.77. The van der Waals surface area contributed by atoms with E-state index in [1.807, 2.05) is 0 Å². The molecule has 0 unspecified atom stereocenters. The molecule has 1 aromatic heterocycles. The summed E-state index contributed by atoms with van der Waals surface area (Å²) in [5.41, 5.74) is 1.30. The first-order chi connectivity index (χ1) is 6.29. The van der Waals surface area contributed by atoms with Crippen LogP contribution < -0.4 is 0 Å². The molecule has 0 fully saturated rings. The van der Waals surface area contributed by atoms with Crippen LogP contribution in [0.3, 0.4) is 0 Å². The largest absolute Gasteiger partial charge is 0.374 e. The van der Waals surface area contributed by atoms with E-state index in [0.29, 0.717) is 6.61 Å². The molecule has 0 amide bonds. The molecule has 0 spiro atoms. The molecule has 0 saturated heterocycles. The number of aryl methyl sites for hydroxylation is 1. The lowest BCUT2D eigenvalue weighted by Crippen LogP contribution is -1.77. The molecule has 13 heavy (non-hydrogen) atoms. The molecule has 67 valence electrons. The summed E-state index contributed by atoms with van der Waals surface area (Å²) in [4.78, 5) is 1.23. The quantitative estimate of drug-likeness (QED) is 0.705. The van der Waals surface area contributed by atoms with Gasteiger partial charge in [-0.15, -0.1) is 11.3 Å². The highest BCUT2D eigenvalue weighted by Gasteiger charge is 2.00. The SMILES string of the molecule is [CH2]OCc1cc2cc(C)ccc2s1. The van der Waals surface area contributed by atoms with Crippen molar-refractivity contribution in [3.8, 4) is 0 Å². The molecule has 0 aliphatic rings. The van der Waals surface area contributed by atoms with Crippen molar-refractivity contribution in [2.45, 2.75) is 13.5 Å². The third kappa shape index (κ3) is 1.74. The minimum atomic E-state index is 0.610. The fourth-order valence-electron chi connectivity index (χ4n) is 1.39. The monoisotopic (exact) mass is 191 g/mol. The van der Waals surface area contributed by atoms with Crippen molar-refractivity contribution in [2.75, 3.05) is 0 Å². The molecule has 0 aliphatic heterocycles. The Morgan fingerprint density at radius 1 is 1.38 bits per heavy atom. The lowest BCUT2D eigenvalue weighted by atomic mass is 10.2. The van der Waals surface area contributed by atoms with Gasteiger partial charge in [0.05, 0.1) is 13.7 Å². The molecule has 0 atom stereocenters. The fourth-order valence-corrected chi connectivity index (χ4v) is 2.37. The van der Waals surface area contributed by atoms with Crippen LogP contribution in [0.25, 0.3) is 10.1 Å². The molecular formula is C11H11OS. The summed E-state index contributed by atoms with van der Waals surface area (Å²) in [6.07, 6.45) is 0. The van der Waals surface area contributed by atoms with Gasteiger partial charge in [0.1, 0.15) is 0 Å². The molecule has 0 N–H and O–H groups in total. The highest BCUT2D eigenvalue weighted by atomic mass is 32.1. The van der Waals surface area contributed by atoms with Gasteiger partial charge in [0, 0.05) is 9.58 Å². The number of thiophene rings is 1. The summed E-state index contributed by atoms with van der Waals surface area (Å²) in [5, 5.41) is 1.30. The van der Waals surface area contributed by atoms with E-state index < -0.39 is 0 Å². The van der Waals surface area contributed by atoms with Gasteiger partial charge < -0.3 is 4.74 Å². The van der Waals surface area contributed by atoms with Gasteiger partial charge in [-0.25, -0.2) is 0 Å². The second-order valence-electron chi connectivity index (χ2n) is 3.10. The Bertz CT molecular complexity index is 417. The maximum absolute atomic E-state index is 4.85. The van der Waals surface area contributed by atoms with Crippen molar-refractivity contribution in [3.05, 3.63) is 41.8 Å². The average molecular weight is 191 g/mol. The van der Waals surface area contributed by atoms with E-state index in [2.05, 4.69) is 38.3 Å². The van der Waals surface area contributed by atoms with Gasteiger partial charge in [0.25, 0.3) is 0 Å². The van der Waals surface area contributed by atoms with E-state index in [1.165, 1.54) is 20.5 Å². The molecule has 1 aromatic carbocycles. The Balaban J connectivity index is 2.49. The molecule has 1 heterocycles. The van der Waals surface area contributed by atoms with Crippen LogP contribution in [-0.4, -0.2) is 0 Å². The van der Waals surface area contributed by atoms with Gasteiger partial charge in [-0.3, -0.25) is 0 Å². The smallest absolute Gasteiger partial charge is 0.0810 e. The number of hydrogen-bond donors (Lipinski definition) is 0. The van der Waals surface area contributed by atoms with Gasteiger partial charge in [-0.05, 0) is 24.4 Å². The molecule has 0 saturated carbocycles. The molecule has 0 bridgehead atoms. The molecule has 2 heteroatoms. The predicted octanol–water partition coefficient (Wildman–Crippen LogP) is 3.52. The zero-order chi connectivity index (χ0) is 9.26. The Morgan fingerprint density at radius 2 is 2.23 bits per heavy atom. The lowest BCUT2D eigenvalue weighted by molar-refractivity contribution is 0.232. The van der Waals surface area contributed by atoms with Crippen molar-refractivity contribution in [1.29, 1.82) is 0 Å². The maximum Gasteiger partial charge on any atom is 0.0810 e. The standard InChI is InChI=1S/C11H11OS/c1-8-3-4-11-9(5-8)6-10(13-11)7-12-2/h3-6H,2,7H2,1H3. The van der Waals surface area contributed by atoms with Gasteiger partial charge in [-0.2, -0.15) is 0 Å². The van der Waals surface area contributed by atoms with E-state index in [-0.39, 0.29) is 0 Å². The molecule has 0 aliphatic carbocycles. The van der Waals surface area contributed by atoms with Crippen LogP contribution in [0.4, 0.5) is 0 Å². The van der Waals surface area contributed by atoms with Gasteiger partial charge in [-0.1, -0.05) is 17.7 Å². The first-order valence-corrected chi connectivity index (χ1v) is 4.97. The maximum atomic E-state index is 4.85. The highest BCUT2D eigenvalue weighted by molar-refractivity contribution is 7.19. The van der Waals surface area contributed by atoms with Crippen LogP contribution in [0.1, 0.15) is 10.4 Å². The summed E-state index contributed by atoms with van der Waals surface area (Å²) in [6, 6.07) is 8.65. The number of ether oxygens (including phenoxy) is 1. The van der Waals surface area contributed by atoms with Crippen molar-refractivity contribution >= 4 is 21.4 Å². The van der Waals surface area contributed by atoms with Crippen LogP contribution in [0.2, 0.25) is 0 Å². The second kappa shape index (κ2) is 3.48. The van der Waals surface area contributed by atoms with E-state index in [4.69, 9.17) is 4.74 Å². The fraction of sp³-hybridized carbons (Fsp3) is 0.182.